The van der Waals surface area contributed by atoms with Gasteiger partial charge in [-0.3, -0.25) is 0 Å². The highest BCUT2D eigenvalue weighted by molar-refractivity contribution is 4.89. The fraction of sp³-hybridized carbons (Fsp3) is 1.00. The Morgan fingerprint density at radius 1 is 1.14 bits per heavy atom. The SMILES string of the molecule is CCC1CCN(CC2(CC(C)C)CCCC2)CCC(C)N1. The average Bonchev–Trinajstić information content (AvgIpc) is 2.85. The lowest BCUT2D eigenvalue weighted by Crippen LogP contribution is -2.46. The van der Waals surface area contributed by atoms with Crippen molar-refractivity contribution < 1.29 is 0 Å². The van der Waals surface area contributed by atoms with Crippen molar-refractivity contribution >= 4 is 0 Å². The lowest BCUT2D eigenvalue weighted by atomic mass is 9.78. The van der Waals surface area contributed by atoms with Crippen LogP contribution in [0.5, 0.6) is 0 Å². The van der Waals surface area contributed by atoms with Gasteiger partial charge in [-0.1, -0.05) is 33.6 Å². The fourth-order valence-corrected chi connectivity index (χ4v) is 4.77. The van der Waals surface area contributed by atoms with Gasteiger partial charge in [-0.2, -0.15) is 0 Å². The Bertz CT molecular complexity index is 294. The maximum Gasteiger partial charge on any atom is 0.00790 e. The van der Waals surface area contributed by atoms with Gasteiger partial charge >= 0.3 is 0 Å². The zero-order valence-corrected chi connectivity index (χ0v) is 15.0. The maximum absolute atomic E-state index is 3.80. The summed E-state index contributed by atoms with van der Waals surface area (Å²) in [6, 6.07) is 1.41. The Labute approximate surface area is 133 Å². The van der Waals surface area contributed by atoms with Crippen LogP contribution < -0.4 is 5.32 Å². The van der Waals surface area contributed by atoms with Crippen LogP contribution in [0.4, 0.5) is 0 Å². The number of nitrogens with zero attached hydrogens (tertiary/aromatic N) is 1. The summed E-state index contributed by atoms with van der Waals surface area (Å²) < 4.78 is 0. The smallest absolute Gasteiger partial charge is 0.00790 e. The second kappa shape index (κ2) is 7.97. The lowest BCUT2D eigenvalue weighted by molar-refractivity contribution is 0.112. The average molecular weight is 295 g/mol. The van der Waals surface area contributed by atoms with Crippen molar-refractivity contribution in [3.63, 3.8) is 0 Å². The Balaban J connectivity index is 1.95. The monoisotopic (exact) mass is 294 g/mol. The molecule has 2 nitrogen and oxygen atoms in total. The Hall–Kier alpha value is -0.0800. The van der Waals surface area contributed by atoms with E-state index in [1.54, 1.807) is 0 Å². The maximum atomic E-state index is 3.80. The van der Waals surface area contributed by atoms with E-state index in [-0.39, 0.29) is 0 Å². The summed E-state index contributed by atoms with van der Waals surface area (Å²) in [6.07, 6.45) is 11.3. The van der Waals surface area contributed by atoms with Crippen LogP contribution in [0.1, 0.15) is 79.1 Å². The Morgan fingerprint density at radius 2 is 1.81 bits per heavy atom. The molecule has 124 valence electrons. The van der Waals surface area contributed by atoms with Gasteiger partial charge in [0.05, 0.1) is 0 Å². The molecule has 2 unspecified atom stereocenters. The van der Waals surface area contributed by atoms with Crippen LogP contribution in [-0.4, -0.2) is 36.6 Å². The minimum atomic E-state index is 0.645. The van der Waals surface area contributed by atoms with E-state index in [1.165, 1.54) is 71.0 Å². The van der Waals surface area contributed by atoms with Crippen molar-refractivity contribution in [2.24, 2.45) is 11.3 Å². The molecule has 1 saturated carbocycles. The van der Waals surface area contributed by atoms with Gasteiger partial charge in [0.25, 0.3) is 0 Å². The molecule has 0 aromatic rings. The summed E-state index contributed by atoms with van der Waals surface area (Å²) in [7, 11) is 0. The highest BCUT2D eigenvalue weighted by Gasteiger charge is 2.36. The molecule has 1 saturated heterocycles. The normalized spacial score (nSPS) is 31.3. The quantitative estimate of drug-likeness (QED) is 0.806. The first-order valence-corrected chi connectivity index (χ1v) is 9.51. The summed E-state index contributed by atoms with van der Waals surface area (Å²) in [6.45, 7) is 13.5. The first-order chi connectivity index (χ1) is 10.0. The van der Waals surface area contributed by atoms with Gasteiger partial charge in [0, 0.05) is 18.6 Å². The zero-order valence-electron chi connectivity index (χ0n) is 15.0. The molecule has 1 heterocycles. The Kier molecular flexibility index (Phi) is 6.55. The number of rotatable bonds is 5. The molecule has 1 N–H and O–H groups in total. The molecule has 0 spiro atoms. The predicted molar refractivity (Wildman–Crippen MR) is 92.7 cm³/mol. The first kappa shape index (κ1) is 17.3. The van der Waals surface area contributed by atoms with Crippen molar-refractivity contribution in [1.29, 1.82) is 0 Å². The number of hydrogen-bond acceptors (Lipinski definition) is 2. The molecule has 0 aromatic carbocycles. The summed E-state index contributed by atoms with van der Waals surface area (Å²) in [5.74, 6) is 0.849. The molecule has 2 rings (SSSR count). The first-order valence-electron chi connectivity index (χ1n) is 9.51. The molecule has 2 aliphatic rings. The third-order valence-corrected chi connectivity index (χ3v) is 5.75. The molecule has 2 heteroatoms. The van der Waals surface area contributed by atoms with Crippen LogP contribution >= 0.6 is 0 Å². The topological polar surface area (TPSA) is 15.3 Å². The van der Waals surface area contributed by atoms with Gasteiger partial charge in [-0.15, -0.1) is 0 Å². The van der Waals surface area contributed by atoms with E-state index in [0.717, 1.165) is 12.0 Å². The van der Waals surface area contributed by atoms with E-state index in [0.29, 0.717) is 11.5 Å². The third kappa shape index (κ3) is 5.25. The minimum absolute atomic E-state index is 0.645. The standard InChI is InChI=1S/C19H38N2/c1-5-18-9-13-21(12-8-17(4)20-18)15-19(14-16(2)3)10-6-7-11-19/h16-18,20H,5-15H2,1-4H3. The molecular weight excluding hydrogens is 256 g/mol. The molecule has 1 aliphatic carbocycles. The highest BCUT2D eigenvalue weighted by Crippen LogP contribution is 2.43. The molecule has 21 heavy (non-hydrogen) atoms. The van der Waals surface area contributed by atoms with Crippen LogP contribution in [-0.2, 0) is 0 Å². The summed E-state index contributed by atoms with van der Waals surface area (Å²) in [4.78, 5) is 2.81. The van der Waals surface area contributed by atoms with Crippen molar-refractivity contribution in [3.05, 3.63) is 0 Å². The van der Waals surface area contributed by atoms with E-state index in [4.69, 9.17) is 0 Å². The van der Waals surface area contributed by atoms with Crippen LogP contribution in [0.2, 0.25) is 0 Å². The number of hydrogen-bond donors (Lipinski definition) is 1. The minimum Gasteiger partial charge on any atom is -0.311 e. The molecule has 0 radical (unpaired) electrons. The largest absolute Gasteiger partial charge is 0.311 e. The van der Waals surface area contributed by atoms with Crippen molar-refractivity contribution in [2.75, 3.05) is 19.6 Å². The lowest BCUT2D eigenvalue weighted by Gasteiger charge is -2.39. The van der Waals surface area contributed by atoms with Crippen molar-refractivity contribution in [2.45, 2.75) is 91.1 Å². The van der Waals surface area contributed by atoms with Crippen LogP contribution in [0.25, 0.3) is 0 Å². The van der Waals surface area contributed by atoms with Crippen LogP contribution in [0, 0.1) is 11.3 Å². The van der Waals surface area contributed by atoms with E-state index >= 15 is 0 Å². The van der Waals surface area contributed by atoms with Gasteiger partial charge in [-0.25, -0.2) is 0 Å². The summed E-state index contributed by atoms with van der Waals surface area (Å²) in [5, 5.41) is 3.80. The molecule has 2 atom stereocenters. The highest BCUT2D eigenvalue weighted by atomic mass is 15.1. The molecule has 1 aliphatic heterocycles. The van der Waals surface area contributed by atoms with Gasteiger partial charge in [-0.05, 0) is 69.9 Å². The third-order valence-electron chi connectivity index (χ3n) is 5.75. The zero-order chi connectivity index (χ0) is 15.3. The van der Waals surface area contributed by atoms with Gasteiger partial charge < -0.3 is 10.2 Å². The van der Waals surface area contributed by atoms with Gasteiger partial charge in [0.2, 0.25) is 0 Å². The molecular formula is C19H38N2. The van der Waals surface area contributed by atoms with Gasteiger partial charge in [0.15, 0.2) is 0 Å². The number of nitrogens with one attached hydrogen (secondary N) is 1. The Morgan fingerprint density at radius 3 is 2.43 bits per heavy atom. The van der Waals surface area contributed by atoms with Crippen LogP contribution in [0.15, 0.2) is 0 Å². The van der Waals surface area contributed by atoms with E-state index in [9.17, 15) is 0 Å². The van der Waals surface area contributed by atoms with Crippen LogP contribution in [0.3, 0.4) is 0 Å². The molecule has 2 fully saturated rings. The molecule has 0 bridgehead atoms. The second-order valence-electron chi connectivity index (χ2n) is 8.33. The predicted octanol–water partition coefficient (Wildman–Crippen LogP) is 4.45. The fourth-order valence-electron chi connectivity index (χ4n) is 4.77. The summed E-state index contributed by atoms with van der Waals surface area (Å²) in [5.41, 5.74) is 0.645. The van der Waals surface area contributed by atoms with Crippen molar-refractivity contribution in [1.82, 2.24) is 10.2 Å². The molecule has 0 amide bonds. The van der Waals surface area contributed by atoms with Crippen molar-refractivity contribution in [3.8, 4) is 0 Å². The molecule has 0 aromatic heterocycles. The van der Waals surface area contributed by atoms with Gasteiger partial charge in [0.1, 0.15) is 0 Å². The van der Waals surface area contributed by atoms with E-state index in [1.807, 2.05) is 0 Å². The van der Waals surface area contributed by atoms with E-state index in [2.05, 4.69) is 37.9 Å². The second-order valence-corrected chi connectivity index (χ2v) is 8.33. The van der Waals surface area contributed by atoms with E-state index < -0.39 is 0 Å². The summed E-state index contributed by atoms with van der Waals surface area (Å²) >= 11 is 0.